The number of aliphatic carboxylic acids is 1. The minimum Gasteiger partial charge on any atom is -0.481 e. The van der Waals surface area contributed by atoms with E-state index >= 15 is 0 Å². The molecule has 1 aromatic carbocycles. The van der Waals surface area contributed by atoms with Crippen LogP contribution >= 0.6 is 11.8 Å². The molecular weight excluding hydrogens is 272 g/mol. The van der Waals surface area contributed by atoms with Gasteiger partial charge in [0.15, 0.2) is 5.12 Å². The molecule has 1 aromatic rings. The lowest BCUT2D eigenvalue weighted by molar-refractivity contribution is -0.136. The van der Waals surface area contributed by atoms with Gasteiger partial charge in [-0.1, -0.05) is 49.9 Å². The first-order chi connectivity index (χ1) is 9.36. The smallest absolute Gasteiger partial charge is 0.304 e. The number of thioether (sulfide) groups is 1. The van der Waals surface area contributed by atoms with E-state index < -0.39 is 5.97 Å². The van der Waals surface area contributed by atoms with Crippen LogP contribution in [0.25, 0.3) is 0 Å². The lowest BCUT2D eigenvalue weighted by Crippen LogP contribution is -2.14. The molecule has 0 saturated heterocycles. The Hall–Kier alpha value is -1.29. The Morgan fingerprint density at radius 3 is 2.00 bits per heavy atom. The number of benzene rings is 1. The maximum atomic E-state index is 11.2. The van der Waals surface area contributed by atoms with Crippen LogP contribution in [0, 0.1) is 5.92 Å². The highest BCUT2D eigenvalue weighted by Gasteiger charge is 2.16. The Balaban J connectivity index is 2.67. The second-order valence-corrected chi connectivity index (χ2v) is 6.93. The fourth-order valence-corrected chi connectivity index (χ4v) is 3.10. The molecule has 0 aromatic heterocycles. The summed E-state index contributed by atoms with van der Waals surface area (Å²) >= 11 is 1.12. The molecule has 0 spiro atoms. The van der Waals surface area contributed by atoms with Gasteiger partial charge < -0.3 is 5.11 Å². The number of hydrogen-bond acceptors (Lipinski definition) is 3. The summed E-state index contributed by atoms with van der Waals surface area (Å²) in [4.78, 5) is 22.0. The van der Waals surface area contributed by atoms with E-state index in [0.717, 1.165) is 23.7 Å². The fraction of sp³-hybridized carbons (Fsp3) is 0.500. The standard InChI is InChI=1S/C16H22O3S/c1-11(2)8-13-4-6-14(7-5-13)9-15(10-16(18)19)20-12(3)17/h4-7,11,15H,8-10H2,1-3H3,(H,18,19). The minimum atomic E-state index is -0.861. The highest BCUT2D eigenvalue weighted by atomic mass is 32.2. The zero-order valence-corrected chi connectivity index (χ0v) is 13.1. The first-order valence-corrected chi connectivity index (χ1v) is 7.71. The third-order valence-corrected chi connectivity index (χ3v) is 3.86. The highest BCUT2D eigenvalue weighted by Crippen LogP contribution is 2.21. The number of carboxylic acid groups (broad SMARTS) is 1. The normalized spacial score (nSPS) is 12.4. The van der Waals surface area contributed by atoms with Crippen molar-refractivity contribution in [2.45, 2.75) is 45.3 Å². The predicted molar refractivity (Wildman–Crippen MR) is 83.0 cm³/mol. The van der Waals surface area contributed by atoms with E-state index in [-0.39, 0.29) is 16.8 Å². The van der Waals surface area contributed by atoms with Crippen molar-refractivity contribution < 1.29 is 14.7 Å². The molecule has 4 heteroatoms. The first kappa shape index (κ1) is 16.8. The monoisotopic (exact) mass is 294 g/mol. The Morgan fingerprint density at radius 2 is 1.60 bits per heavy atom. The van der Waals surface area contributed by atoms with Crippen molar-refractivity contribution in [3.8, 4) is 0 Å². The average molecular weight is 294 g/mol. The summed E-state index contributed by atoms with van der Waals surface area (Å²) in [5, 5.41) is 8.67. The number of carbonyl (C=O) groups excluding carboxylic acids is 1. The summed E-state index contributed by atoms with van der Waals surface area (Å²) in [6.07, 6.45) is 1.66. The molecule has 1 unspecified atom stereocenters. The van der Waals surface area contributed by atoms with Crippen LogP contribution < -0.4 is 0 Å². The largest absolute Gasteiger partial charge is 0.481 e. The van der Waals surface area contributed by atoms with Crippen LogP contribution in [0.15, 0.2) is 24.3 Å². The number of carboxylic acids is 1. The molecule has 110 valence electrons. The Bertz CT molecular complexity index is 435. The van der Waals surface area contributed by atoms with Gasteiger partial charge in [-0.25, -0.2) is 0 Å². The number of hydrogen-bond donors (Lipinski definition) is 1. The van der Waals surface area contributed by atoms with E-state index in [1.807, 2.05) is 12.1 Å². The molecule has 20 heavy (non-hydrogen) atoms. The van der Waals surface area contributed by atoms with E-state index in [1.165, 1.54) is 12.5 Å². The molecule has 1 rings (SSSR count). The molecule has 0 heterocycles. The SMILES string of the molecule is CC(=O)SC(CC(=O)O)Cc1ccc(CC(C)C)cc1. The molecule has 0 fully saturated rings. The van der Waals surface area contributed by atoms with Gasteiger partial charge in [-0.05, 0) is 29.9 Å². The molecule has 0 aliphatic carbocycles. The number of carbonyl (C=O) groups is 2. The molecule has 3 nitrogen and oxygen atoms in total. The van der Waals surface area contributed by atoms with Crippen LogP contribution in [0.3, 0.4) is 0 Å². The lowest BCUT2D eigenvalue weighted by Gasteiger charge is -2.13. The van der Waals surface area contributed by atoms with Crippen LogP contribution in [-0.2, 0) is 22.4 Å². The van der Waals surface area contributed by atoms with Gasteiger partial charge >= 0.3 is 5.97 Å². The van der Waals surface area contributed by atoms with Crippen molar-refractivity contribution in [1.29, 1.82) is 0 Å². The van der Waals surface area contributed by atoms with Crippen LogP contribution in [0.2, 0.25) is 0 Å². The van der Waals surface area contributed by atoms with Gasteiger partial charge in [0.1, 0.15) is 0 Å². The first-order valence-electron chi connectivity index (χ1n) is 6.83. The van der Waals surface area contributed by atoms with Crippen molar-refractivity contribution in [2.75, 3.05) is 0 Å². The summed E-state index contributed by atoms with van der Waals surface area (Å²) in [6, 6.07) is 8.25. The Labute approximate surface area is 124 Å². The van der Waals surface area contributed by atoms with E-state index in [0.29, 0.717) is 12.3 Å². The van der Waals surface area contributed by atoms with E-state index in [9.17, 15) is 9.59 Å². The van der Waals surface area contributed by atoms with Crippen molar-refractivity contribution in [3.63, 3.8) is 0 Å². The van der Waals surface area contributed by atoms with Crippen molar-refractivity contribution in [2.24, 2.45) is 5.92 Å². The third kappa shape index (κ3) is 6.75. The van der Waals surface area contributed by atoms with Gasteiger partial charge in [0, 0.05) is 12.2 Å². The number of rotatable bonds is 7. The predicted octanol–water partition coefficient (Wildman–Crippen LogP) is 3.55. The molecule has 0 aliphatic heterocycles. The van der Waals surface area contributed by atoms with E-state index in [2.05, 4.69) is 26.0 Å². The summed E-state index contributed by atoms with van der Waals surface area (Å²) in [7, 11) is 0. The zero-order valence-electron chi connectivity index (χ0n) is 12.3. The molecule has 0 aliphatic rings. The third-order valence-electron chi connectivity index (χ3n) is 2.87. The molecule has 0 amide bonds. The van der Waals surface area contributed by atoms with Gasteiger partial charge in [0.25, 0.3) is 0 Å². The fourth-order valence-electron chi connectivity index (χ4n) is 2.13. The quantitative estimate of drug-likeness (QED) is 0.835. The summed E-state index contributed by atoms with van der Waals surface area (Å²) in [5.41, 5.74) is 2.37. The van der Waals surface area contributed by atoms with Crippen molar-refractivity contribution >= 4 is 22.8 Å². The maximum Gasteiger partial charge on any atom is 0.304 e. The van der Waals surface area contributed by atoms with Gasteiger partial charge in [0.2, 0.25) is 0 Å². The molecule has 1 N–H and O–H groups in total. The second kappa shape index (κ2) is 8.10. The molecule has 0 saturated carbocycles. The van der Waals surface area contributed by atoms with Crippen LogP contribution in [0.1, 0.15) is 38.3 Å². The lowest BCUT2D eigenvalue weighted by atomic mass is 10.00. The van der Waals surface area contributed by atoms with Gasteiger partial charge in [-0.15, -0.1) is 0 Å². The van der Waals surface area contributed by atoms with E-state index in [4.69, 9.17) is 5.11 Å². The second-order valence-electron chi connectivity index (χ2n) is 5.45. The minimum absolute atomic E-state index is 0.0119. The summed E-state index contributed by atoms with van der Waals surface area (Å²) < 4.78 is 0. The van der Waals surface area contributed by atoms with Gasteiger partial charge in [-0.3, -0.25) is 9.59 Å². The van der Waals surface area contributed by atoms with E-state index in [1.54, 1.807) is 0 Å². The Morgan fingerprint density at radius 1 is 1.10 bits per heavy atom. The van der Waals surface area contributed by atoms with Crippen LogP contribution in [-0.4, -0.2) is 21.4 Å². The van der Waals surface area contributed by atoms with Crippen LogP contribution in [0.4, 0.5) is 0 Å². The maximum absolute atomic E-state index is 11.2. The molecule has 1 atom stereocenters. The zero-order chi connectivity index (χ0) is 15.1. The molecule has 0 bridgehead atoms. The van der Waals surface area contributed by atoms with Gasteiger partial charge in [-0.2, -0.15) is 0 Å². The van der Waals surface area contributed by atoms with Gasteiger partial charge in [0.05, 0.1) is 6.42 Å². The van der Waals surface area contributed by atoms with Crippen molar-refractivity contribution in [1.82, 2.24) is 0 Å². The highest BCUT2D eigenvalue weighted by molar-refractivity contribution is 8.14. The average Bonchev–Trinajstić information content (AvgIpc) is 2.29. The van der Waals surface area contributed by atoms with Crippen molar-refractivity contribution in [3.05, 3.63) is 35.4 Å². The summed E-state index contributed by atoms with van der Waals surface area (Å²) in [6.45, 7) is 5.84. The molecular formula is C16H22O3S. The topological polar surface area (TPSA) is 54.4 Å². The molecule has 0 radical (unpaired) electrons. The Kier molecular flexibility index (Phi) is 6.79. The van der Waals surface area contributed by atoms with Crippen LogP contribution in [0.5, 0.6) is 0 Å². The summed E-state index contributed by atoms with van der Waals surface area (Å²) in [5.74, 6) is -0.242.